The summed E-state index contributed by atoms with van der Waals surface area (Å²) in [6.07, 6.45) is 3.00. The molecule has 1 aromatic heterocycles. The highest BCUT2D eigenvalue weighted by Gasteiger charge is 2.13. The van der Waals surface area contributed by atoms with Crippen LogP contribution in [0, 0.1) is 5.92 Å². The van der Waals surface area contributed by atoms with E-state index in [1.165, 1.54) is 0 Å². The highest BCUT2D eigenvalue weighted by molar-refractivity contribution is 5.39. The van der Waals surface area contributed by atoms with E-state index in [2.05, 4.69) is 25.9 Å². The molecule has 0 fully saturated rings. The van der Waals surface area contributed by atoms with E-state index >= 15 is 0 Å². The number of rotatable bonds is 4. The van der Waals surface area contributed by atoms with Crippen molar-refractivity contribution in [2.75, 3.05) is 5.73 Å². The maximum absolute atomic E-state index is 5.69. The lowest BCUT2D eigenvalue weighted by atomic mass is 10.0. The van der Waals surface area contributed by atoms with Crippen LogP contribution in [-0.2, 0) is 12.8 Å². The summed E-state index contributed by atoms with van der Waals surface area (Å²) in [5.41, 5.74) is 7.83. The van der Waals surface area contributed by atoms with Crippen molar-refractivity contribution < 1.29 is 4.52 Å². The Hall–Kier alpha value is -0.990. The predicted octanol–water partition coefficient (Wildman–Crippen LogP) is 2.41. The lowest BCUT2D eigenvalue weighted by molar-refractivity contribution is 0.426. The van der Waals surface area contributed by atoms with Gasteiger partial charge in [-0.25, -0.2) is 0 Å². The summed E-state index contributed by atoms with van der Waals surface area (Å²) >= 11 is 0. The number of aryl methyl sites for hydroxylation is 1. The Balaban J connectivity index is 2.81. The Kier molecular flexibility index (Phi) is 3.34. The third kappa shape index (κ3) is 2.47. The van der Waals surface area contributed by atoms with E-state index in [0.29, 0.717) is 11.8 Å². The molecule has 3 heteroatoms. The maximum atomic E-state index is 5.69. The van der Waals surface area contributed by atoms with Gasteiger partial charge in [0.15, 0.2) is 0 Å². The number of anilines is 1. The topological polar surface area (TPSA) is 52.0 Å². The van der Waals surface area contributed by atoms with Crippen molar-refractivity contribution >= 4 is 5.88 Å². The molecule has 1 aromatic rings. The quantitative estimate of drug-likeness (QED) is 0.778. The van der Waals surface area contributed by atoms with Crippen LogP contribution in [0.5, 0.6) is 0 Å². The minimum absolute atomic E-state index is 0.497. The van der Waals surface area contributed by atoms with Gasteiger partial charge in [0.2, 0.25) is 5.88 Å². The van der Waals surface area contributed by atoms with Gasteiger partial charge in [0, 0.05) is 5.56 Å². The van der Waals surface area contributed by atoms with Gasteiger partial charge in [0.25, 0.3) is 0 Å². The standard InChI is InChI=1S/C10H18N2O/c1-4-5-9-8(6-7(2)3)10(11)13-12-9/h7H,4-6,11H2,1-3H3. The van der Waals surface area contributed by atoms with Crippen LogP contribution in [0.2, 0.25) is 0 Å². The fraction of sp³-hybridized carbons (Fsp3) is 0.700. The molecule has 0 aromatic carbocycles. The van der Waals surface area contributed by atoms with E-state index in [0.717, 1.165) is 30.5 Å². The molecular formula is C10H18N2O. The van der Waals surface area contributed by atoms with Crippen LogP contribution in [0.15, 0.2) is 4.52 Å². The summed E-state index contributed by atoms with van der Waals surface area (Å²) in [6, 6.07) is 0. The van der Waals surface area contributed by atoms with Crippen molar-refractivity contribution in [2.45, 2.75) is 40.0 Å². The van der Waals surface area contributed by atoms with Gasteiger partial charge in [-0.2, -0.15) is 0 Å². The highest BCUT2D eigenvalue weighted by Crippen LogP contribution is 2.21. The van der Waals surface area contributed by atoms with Crippen LogP contribution >= 0.6 is 0 Å². The Bertz CT molecular complexity index is 266. The summed E-state index contributed by atoms with van der Waals surface area (Å²) in [5, 5.41) is 3.96. The summed E-state index contributed by atoms with van der Waals surface area (Å²) in [6.45, 7) is 6.47. The van der Waals surface area contributed by atoms with Gasteiger partial charge in [-0.1, -0.05) is 32.3 Å². The molecular weight excluding hydrogens is 164 g/mol. The minimum atomic E-state index is 0.497. The molecule has 0 aliphatic rings. The molecule has 0 aliphatic carbocycles. The lowest BCUT2D eigenvalue weighted by Crippen LogP contribution is -2.00. The molecule has 0 radical (unpaired) electrons. The average Bonchev–Trinajstić information content (AvgIpc) is 2.36. The molecule has 3 nitrogen and oxygen atoms in total. The third-order valence-electron chi connectivity index (χ3n) is 2.00. The molecule has 1 rings (SSSR count). The summed E-state index contributed by atoms with van der Waals surface area (Å²) in [5.74, 6) is 1.09. The Morgan fingerprint density at radius 1 is 1.46 bits per heavy atom. The van der Waals surface area contributed by atoms with Crippen molar-refractivity contribution in [1.82, 2.24) is 5.16 Å². The molecule has 1 heterocycles. The van der Waals surface area contributed by atoms with Crippen molar-refractivity contribution in [3.05, 3.63) is 11.3 Å². The second-order valence-corrected chi connectivity index (χ2v) is 3.82. The smallest absolute Gasteiger partial charge is 0.225 e. The van der Waals surface area contributed by atoms with Crippen molar-refractivity contribution in [3.8, 4) is 0 Å². The van der Waals surface area contributed by atoms with Gasteiger partial charge in [-0.05, 0) is 18.8 Å². The van der Waals surface area contributed by atoms with Crippen LogP contribution in [0.3, 0.4) is 0 Å². The second-order valence-electron chi connectivity index (χ2n) is 3.82. The molecule has 0 unspecified atom stereocenters. The Morgan fingerprint density at radius 3 is 2.69 bits per heavy atom. The monoisotopic (exact) mass is 182 g/mol. The molecule has 0 saturated carbocycles. The van der Waals surface area contributed by atoms with Crippen molar-refractivity contribution in [2.24, 2.45) is 5.92 Å². The second kappa shape index (κ2) is 4.30. The highest BCUT2D eigenvalue weighted by atomic mass is 16.5. The Morgan fingerprint density at radius 2 is 2.15 bits per heavy atom. The molecule has 0 spiro atoms. The summed E-state index contributed by atoms with van der Waals surface area (Å²) in [4.78, 5) is 0. The Labute approximate surface area is 79.3 Å². The van der Waals surface area contributed by atoms with Crippen LogP contribution < -0.4 is 5.73 Å². The van der Waals surface area contributed by atoms with Crippen LogP contribution in [-0.4, -0.2) is 5.16 Å². The van der Waals surface area contributed by atoms with E-state index in [-0.39, 0.29) is 0 Å². The number of nitrogen functional groups attached to an aromatic ring is 1. The van der Waals surface area contributed by atoms with Gasteiger partial charge >= 0.3 is 0 Å². The molecule has 13 heavy (non-hydrogen) atoms. The number of nitrogens with zero attached hydrogens (tertiary/aromatic N) is 1. The van der Waals surface area contributed by atoms with Gasteiger partial charge in [-0.15, -0.1) is 0 Å². The zero-order chi connectivity index (χ0) is 9.84. The SMILES string of the molecule is CCCc1noc(N)c1CC(C)C. The normalized spacial score (nSPS) is 11.1. The van der Waals surface area contributed by atoms with Crippen LogP contribution in [0.1, 0.15) is 38.4 Å². The van der Waals surface area contributed by atoms with E-state index in [1.807, 2.05) is 0 Å². The molecule has 0 saturated heterocycles. The fourth-order valence-electron chi connectivity index (χ4n) is 1.42. The molecule has 0 atom stereocenters. The minimum Gasteiger partial charge on any atom is -0.367 e. The van der Waals surface area contributed by atoms with Gasteiger partial charge in [0.1, 0.15) is 0 Å². The summed E-state index contributed by atoms with van der Waals surface area (Å²) in [7, 11) is 0. The first kappa shape index (κ1) is 10.1. The fourth-order valence-corrected chi connectivity index (χ4v) is 1.42. The van der Waals surface area contributed by atoms with Gasteiger partial charge in [0.05, 0.1) is 5.69 Å². The number of hydrogen-bond acceptors (Lipinski definition) is 3. The third-order valence-corrected chi connectivity index (χ3v) is 2.00. The van der Waals surface area contributed by atoms with Gasteiger partial charge < -0.3 is 10.3 Å². The van der Waals surface area contributed by atoms with Crippen molar-refractivity contribution in [3.63, 3.8) is 0 Å². The van der Waals surface area contributed by atoms with Crippen LogP contribution in [0.25, 0.3) is 0 Å². The first-order valence-corrected chi connectivity index (χ1v) is 4.88. The number of nitrogens with two attached hydrogens (primary N) is 1. The maximum Gasteiger partial charge on any atom is 0.225 e. The van der Waals surface area contributed by atoms with E-state index in [4.69, 9.17) is 10.3 Å². The van der Waals surface area contributed by atoms with Gasteiger partial charge in [-0.3, -0.25) is 0 Å². The van der Waals surface area contributed by atoms with E-state index in [1.54, 1.807) is 0 Å². The zero-order valence-corrected chi connectivity index (χ0v) is 8.63. The molecule has 2 N–H and O–H groups in total. The zero-order valence-electron chi connectivity index (χ0n) is 8.63. The number of aromatic nitrogens is 1. The van der Waals surface area contributed by atoms with E-state index < -0.39 is 0 Å². The molecule has 74 valence electrons. The lowest BCUT2D eigenvalue weighted by Gasteiger charge is -2.03. The molecule has 0 amide bonds. The number of hydrogen-bond donors (Lipinski definition) is 1. The molecule has 0 bridgehead atoms. The average molecular weight is 182 g/mol. The van der Waals surface area contributed by atoms with Crippen LogP contribution in [0.4, 0.5) is 5.88 Å². The predicted molar refractivity (Wildman–Crippen MR) is 53.5 cm³/mol. The first-order chi connectivity index (χ1) is 6.15. The summed E-state index contributed by atoms with van der Waals surface area (Å²) < 4.78 is 4.98. The van der Waals surface area contributed by atoms with E-state index in [9.17, 15) is 0 Å². The first-order valence-electron chi connectivity index (χ1n) is 4.88. The largest absolute Gasteiger partial charge is 0.367 e. The molecule has 0 aliphatic heterocycles. The van der Waals surface area contributed by atoms with Crippen molar-refractivity contribution in [1.29, 1.82) is 0 Å².